The van der Waals surface area contributed by atoms with Gasteiger partial charge in [-0.05, 0) is 49.2 Å². The number of esters is 1. The summed E-state index contributed by atoms with van der Waals surface area (Å²) in [6.45, 7) is 3.03. The smallest absolute Gasteiger partial charge is 0.331 e. The molecule has 1 aromatic heterocycles. The number of nitro groups is 1. The van der Waals surface area contributed by atoms with Crippen LogP contribution in [0.15, 0.2) is 54.6 Å². The van der Waals surface area contributed by atoms with Gasteiger partial charge in [-0.3, -0.25) is 19.5 Å². The molecule has 0 unspecified atom stereocenters. The third kappa shape index (κ3) is 5.31. The summed E-state index contributed by atoms with van der Waals surface area (Å²) in [5.41, 5.74) is 2.65. The Labute approximate surface area is 200 Å². The fourth-order valence-electron chi connectivity index (χ4n) is 3.25. The molecule has 0 aliphatic heterocycles. The van der Waals surface area contributed by atoms with Gasteiger partial charge in [0.25, 0.3) is 11.6 Å². The van der Waals surface area contributed by atoms with Crippen molar-refractivity contribution < 1.29 is 19.2 Å². The molecule has 10 heteroatoms. The number of nitriles is 1. The Morgan fingerprint density at radius 3 is 2.59 bits per heavy atom. The van der Waals surface area contributed by atoms with Crippen LogP contribution in [0.3, 0.4) is 0 Å². The SMILES string of the molecule is Cc1c(C#N)c(NC(=O)COC(=O)/C=C/c2ccc(Cl)c([N+](=O)[O-])c2)n(-c2ccccc2)c1C. The van der Waals surface area contributed by atoms with E-state index >= 15 is 0 Å². The van der Waals surface area contributed by atoms with E-state index in [1.807, 2.05) is 37.3 Å². The number of hydrogen-bond donors (Lipinski definition) is 1. The van der Waals surface area contributed by atoms with Gasteiger partial charge in [0.2, 0.25) is 0 Å². The zero-order chi connectivity index (χ0) is 24.8. The number of ether oxygens (including phenoxy) is 1. The average molecular weight is 479 g/mol. The Balaban J connectivity index is 1.70. The van der Waals surface area contributed by atoms with Gasteiger partial charge < -0.3 is 10.1 Å². The highest BCUT2D eigenvalue weighted by Gasteiger charge is 2.21. The van der Waals surface area contributed by atoms with Crippen molar-refractivity contribution in [1.82, 2.24) is 4.57 Å². The lowest BCUT2D eigenvalue weighted by Crippen LogP contribution is -2.22. The zero-order valence-corrected chi connectivity index (χ0v) is 19.0. The van der Waals surface area contributed by atoms with Gasteiger partial charge in [-0.1, -0.05) is 35.9 Å². The number of para-hydroxylation sites is 1. The summed E-state index contributed by atoms with van der Waals surface area (Å²) in [6, 6.07) is 15.4. The number of nitrogens with one attached hydrogen (secondary N) is 1. The maximum Gasteiger partial charge on any atom is 0.331 e. The molecule has 0 atom stereocenters. The molecule has 0 saturated heterocycles. The van der Waals surface area contributed by atoms with Gasteiger partial charge in [0.1, 0.15) is 16.9 Å². The van der Waals surface area contributed by atoms with Gasteiger partial charge in [0, 0.05) is 23.5 Å². The molecule has 0 radical (unpaired) electrons. The molecule has 1 heterocycles. The van der Waals surface area contributed by atoms with E-state index in [0.29, 0.717) is 11.1 Å². The van der Waals surface area contributed by atoms with Crippen LogP contribution in [0.1, 0.15) is 22.4 Å². The monoisotopic (exact) mass is 478 g/mol. The molecule has 3 aromatic rings. The van der Waals surface area contributed by atoms with Crippen LogP contribution in [0.25, 0.3) is 11.8 Å². The van der Waals surface area contributed by atoms with Crippen LogP contribution in [0.4, 0.5) is 11.5 Å². The molecule has 2 aromatic carbocycles. The minimum absolute atomic E-state index is 0.0242. The number of carbonyl (C=O) groups is 2. The molecule has 0 spiro atoms. The predicted molar refractivity (Wildman–Crippen MR) is 127 cm³/mol. The van der Waals surface area contributed by atoms with Crippen LogP contribution in [0, 0.1) is 35.3 Å². The summed E-state index contributed by atoms with van der Waals surface area (Å²) in [5, 5.41) is 23.2. The van der Waals surface area contributed by atoms with E-state index in [1.54, 1.807) is 11.5 Å². The lowest BCUT2D eigenvalue weighted by molar-refractivity contribution is -0.384. The fourth-order valence-corrected chi connectivity index (χ4v) is 3.44. The number of aromatic nitrogens is 1. The van der Waals surface area contributed by atoms with Crippen LogP contribution in [-0.2, 0) is 14.3 Å². The molecule has 9 nitrogen and oxygen atoms in total. The topological polar surface area (TPSA) is 127 Å². The number of rotatable bonds is 7. The van der Waals surface area contributed by atoms with Crippen LogP contribution in [0.2, 0.25) is 5.02 Å². The normalized spacial score (nSPS) is 10.6. The molecule has 3 rings (SSSR count). The Morgan fingerprint density at radius 2 is 1.94 bits per heavy atom. The highest BCUT2D eigenvalue weighted by atomic mass is 35.5. The first-order valence-electron chi connectivity index (χ1n) is 9.99. The molecule has 0 aliphatic rings. The maximum atomic E-state index is 12.5. The van der Waals surface area contributed by atoms with Crippen LogP contribution in [-0.4, -0.2) is 28.0 Å². The standard InChI is InChI=1S/C24H19ClN4O5/c1-15-16(2)28(18-6-4-3-5-7-18)24(19(15)13-26)27-22(30)14-34-23(31)11-9-17-8-10-20(25)21(12-17)29(32)33/h3-12H,14H2,1-2H3,(H,27,30)/b11-9+. The summed E-state index contributed by atoms with van der Waals surface area (Å²) in [4.78, 5) is 34.8. The van der Waals surface area contributed by atoms with Crippen molar-refractivity contribution in [2.75, 3.05) is 11.9 Å². The van der Waals surface area contributed by atoms with Crippen molar-refractivity contribution in [2.45, 2.75) is 13.8 Å². The predicted octanol–water partition coefficient (Wildman–Crippen LogP) is 4.72. The number of hydrogen-bond acceptors (Lipinski definition) is 6. The zero-order valence-electron chi connectivity index (χ0n) is 18.2. The average Bonchev–Trinajstić information content (AvgIpc) is 3.06. The van der Waals surface area contributed by atoms with Gasteiger partial charge in [-0.2, -0.15) is 5.26 Å². The molecule has 0 bridgehead atoms. The first-order valence-corrected chi connectivity index (χ1v) is 10.4. The number of anilines is 1. The van der Waals surface area contributed by atoms with Gasteiger partial charge in [-0.15, -0.1) is 0 Å². The lowest BCUT2D eigenvalue weighted by Gasteiger charge is -2.13. The second-order valence-electron chi connectivity index (χ2n) is 7.17. The van der Waals surface area contributed by atoms with E-state index in [-0.39, 0.29) is 16.5 Å². The Bertz CT molecular complexity index is 1340. The van der Waals surface area contributed by atoms with E-state index in [9.17, 15) is 25.0 Å². The second-order valence-corrected chi connectivity index (χ2v) is 7.58. The summed E-state index contributed by atoms with van der Waals surface area (Å²) >= 11 is 5.76. The maximum absolute atomic E-state index is 12.5. The first-order chi connectivity index (χ1) is 16.2. The van der Waals surface area contributed by atoms with Gasteiger partial charge in [-0.25, -0.2) is 4.79 Å². The third-order valence-electron chi connectivity index (χ3n) is 5.02. The van der Waals surface area contributed by atoms with Crippen molar-refractivity contribution in [2.24, 2.45) is 0 Å². The van der Waals surface area contributed by atoms with Crippen LogP contribution >= 0.6 is 11.6 Å². The third-order valence-corrected chi connectivity index (χ3v) is 5.34. The van der Waals surface area contributed by atoms with Crippen LogP contribution in [0.5, 0.6) is 0 Å². The van der Waals surface area contributed by atoms with Crippen molar-refractivity contribution >= 4 is 41.1 Å². The van der Waals surface area contributed by atoms with Crippen molar-refractivity contribution in [3.63, 3.8) is 0 Å². The minimum atomic E-state index is -0.820. The van der Waals surface area contributed by atoms with Crippen molar-refractivity contribution in [1.29, 1.82) is 5.26 Å². The molecule has 0 fully saturated rings. The van der Waals surface area contributed by atoms with E-state index in [2.05, 4.69) is 11.4 Å². The Hall–Kier alpha value is -4.42. The number of benzene rings is 2. The largest absolute Gasteiger partial charge is 0.452 e. The minimum Gasteiger partial charge on any atom is -0.452 e. The summed E-state index contributed by atoms with van der Waals surface area (Å²) in [6.07, 6.45) is 2.35. The molecule has 1 N–H and O–H groups in total. The number of carbonyl (C=O) groups excluding carboxylic acids is 2. The molecular formula is C24H19ClN4O5. The molecular weight excluding hydrogens is 460 g/mol. The first kappa shape index (κ1) is 24.2. The highest BCUT2D eigenvalue weighted by Crippen LogP contribution is 2.30. The Kier molecular flexibility index (Phi) is 7.46. The molecule has 0 aliphatic carbocycles. The molecule has 1 amide bonds. The number of nitrogens with zero attached hydrogens (tertiary/aromatic N) is 3. The van der Waals surface area contributed by atoms with E-state index in [4.69, 9.17) is 16.3 Å². The highest BCUT2D eigenvalue weighted by molar-refractivity contribution is 6.32. The van der Waals surface area contributed by atoms with Gasteiger partial charge in [0.05, 0.1) is 10.5 Å². The lowest BCUT2D eigenvalue weighted by atomic mass is 10.2. The van der Waals surface area contributed by atoms with E-state index < -0.39 is 23.4 Å². The van der Waals surface area contributed by atoms with Gasteiger partial charge in [0.15, 0.2) is 6.61 Å². The van der Waals surface area contributed by atoms with Crippen LogP contribution < -0.4 is 5.32 Å². The summed E-state index contributed by atoms with van der Waals surface area (Å²) in [7, 11) is 0. The summed E-state index contributed by atoms with van der Waals surface area (Å²) in [5.74, 6) is -1.16. The Morgan fingerprint density at radius 1 is 1.24 bits per heavy atom. The van der Waals surface area contributed by atoms with E-state index in [1.165, 1.54) is 24.3 Å². The number of amides is 1. The quantitative estimate of drug-likeness (QED) is 0.226. The van der Waals surface area contributed by atoms with E-state index in [0.717, 1.165) is 23.0 Å². The number of nitro benzene ring substituents is 1. The molecule has 34 heavy (non-hydrogen) atoms. The van der Waals surface area contributed by atoms with Crippen molar-refractivity contribution in [3.05, 3.63) is 92.1 Å². The number of halogens is 1. The molecule has 0 saturated carbocycles. The molecule has 172 valence electrons. The fraction of sp³-hybridized carbons (Fsp3) is 0.125. The van der Waals surface area contributed by atoms with Gasteiger partial charge >= 0.3 is 5.97 Å². The second kappa shape index (κ2) is 10.5. The van der Waals surface area contributed by atoms with Crippen molar-refractivity contribution in [3.8, 4) is 11.8 Å². The summed E-state index contributed by atoms with van der Waals surface area (Å²) < 4.78 is 6.72.